The summed E-state index contributed by atoms with van der Waals surface area (Å²) in [5, 5.41) is 14.2. The highest BCUT2D eigenvalue weighted by Gasteiger charge is 2.51. The van der Waals surface area contributed by atoms with Crippen LogP contribution < -0.4 is 4.90 Å². The number of pyridine rings is 1. The number of anilines is 1. The van der Waals surface area contributed by atoms with Gasteiger partial charge in [0.25, 0.3) is 0 Å². The van der Waals surface area contributed by atoms with Crippen molar-refractivity contribution in [2.75, 3.05) is 37.7 Å². The molecule has 1 unspecified atom stereocenters. The van der Waals surface area contributed by atoms with E-state index >= 15 is 0 Å². The number of fused-ring (bicyclic) bond motifs is 2. The third-order valence-corrected chi connectivity index (χ3v) is 10.5. The maximum Gasteiger partial charge on any atom is 0.317 e. The molecule has 4 heterocycles. The average molecular weight is 610 g/mol. The van der Waals surface area contributed by atoms with E-state index in [-0.39, 0.29) is 37.0 Å². The lowest BCUT2D eigenvalue weighted by Gasteiger charge is -2.44. The van der Waals surface area contributed by atoms with Crippen molar-refractivity contribution in [3.8, 4) is 5.69 Å². The van der Waals surface area contributed by atoms with Gasteiger partial charge in [-0.25, -0.2) is 27.0 Å². The molecule has 3 atom stereocenters. The summed E-state index contributed by atoms with van der Waals surface area (Å²) in [6.45, 7) is 1.79. The molecule has 4 aliphatic rings. The zero-order valence-corrected chi connectivity index (χ0v) is 24.4. The van der Waals surface area contributed by atoms with Crippen LogP contribution in [0.1, 0.15) is 36.9 Å². The number of aromatic nitrogens is 3. The Labute approximate surface area is 250 Å². The number of carbonyl (C=O) groups excluding carboxylic acids is 1. The number of halogens is 2. The van der Waals surface area contributed by atoms with Crippen LogP contribution in [0.3, 0.4) is 0 Å². The second-order valence-corrected chi connectivity index (χ2v) is 13.5. The van der Waals surface area contributed by atoms with Crippen LogP contribution in [0.5, 0.6) is 0 Å². The summed E-state index contributed by atoms with van der Waals surface area (Å²) in [7, 11) is -1.58. The van der Waals surface area contributed by atoms with Crippen LogP contribution in [0, 0.1) is 17.2 Å². The number of esters is 1. The number of alkyl halides is 1. The van der Waals surface area contributed by atoms with Gasteiger partial charge in [-0.2, -0.15) is 5.10 Å². The summed E-state index contributed by atoms with van der Waals surface area (Å²) in [5.74, 6) is 0.0811. The van der Waals surface area contributed by atoms with Gasteiger partial charge in [0.15, 0.2) is 0 Å². The van der Waals surface area contributed by atoms with E-state index < -0.39 is 22.6 Å². The van der Waals surface area contributed by atoms with Gasteiger partial charge in [-0.1, -0.05) is 0 Å². The van der Waals surface area contributed by atoms with Crippen LogP contribution in [0.25, 0.3) is 11.8 Å². The molecular formula is C31H33F2N5O4S. The molecule has 2 aliphatic carbocycles. The minimum Gasteiger partial charge on any atom is -0.465 e. The van der Waals surface area contributed by atoms with Crippen molar-refractivity contribution >= 4 is 28.8 Å². The first-order chi connectivity index (χ1) is 20.8. The number of benzene rings is 1. The van der Waals surface area contributed by atoms with E-state index in [4.69, 9.17) is 4.74 Å². The first-order valence-corrected chi connectivity index (χ1v) is 15.8. The molecule has 43 heavy (non-hydrogen) atoms. The second kappa shape index (κ2) is 11.2. The van der Waals surface area contributed by atoms with Gasteiger partial charge in [0.2, 0.25) is 0 Å². The van der Waals surface area contributed by atoms with Gasteiger partial charge in [0, 0.05) is 25.8 Å². The molecule has 2 aliphatic heterocycles. The number of nitrogens with zero attached hydrogens (tertiary/aromatic N) is 5. The van der Waals surface area contributed by atoms with Crippen molar-refractivity contribution < 1.29 is 27.6 Å². The Bertz CT molecular complexity index is 1570. The van der Waals surface area contributed by atoms with Gasteiger partial charge in [0.05, 0.1) is 41.7 Å². The summed E-state index contributed by atoms with van der Waals surface area (Å²) in [6.07, 6.45) is 6.58. The number of hydrogen-bond donors (Lipinski definition) is 1. The molecule has 9 nitrogen and oxygen atoms in total. The van der Waals surface area contributed by atoms with Gasteiger partial charge in [-0.05, 0) is 91.6 Å². The van der Waals surface area contributed by atoms with Crippen LogP contribution in [-0.2, 0) is 26.9 Å². The fourth-order valence-electron chi connectivity index (χ4n) is 6.62. The van der Waals surface area contributed by atoms with Crippen molar-refractivity contribution in [3.05, 3.63) is 71.4 Å². The Morgan fingerprint density at radius 1 is 1.14 bits per heavy atom. The average Bonchev–Trinajstić information content (AvgIpc) is 3.63. The van der Waals surface area contributed by atoms with E-state index in [1.165, 1.54) is 12.1 Å². The molecule has 7 rings (SSSR count). The van der Waals surface area contributed by atoms with Crippen LogP contribution >= 0.6 is 0 Å². The van der Waals surface area contributed by atoms with E-state index in [1.807, 2.05) is 11.0 Å². The van der Waals surface area contributed by atoms with Gasteiger partial charge in [0.1, 0.15) is 34.2 Å². The monoisotopic (exact) mass is 609 g/mol. The lowest BCUT2D eigenvalue weighted by molar-refractivity contribution is -0.158. The highest BCUT2D eigenvalue weighted by Crippen LogP contribution is 2.46. The predicted octanol–water partition coefficient (Wildman–Crippen LogP) is 3.62. The maximum atomic E-state index is 14.0. The van der Waals surface area contributed by atoms with E-state index in [2.05, 4.69) is 10.1 Å². The first kappa shape index (κ1) is 28.3. The third kappa shape index (κ3) is 5.29. The second-order valence-electron chi connectivity index (χ2n) is 12.0. The van der Waals surface area contributed by atoms with Gasteiger partial charge in [-0.15, -0.1) is 0 Å². The number of ether oxygens (including phenoxy) is 1. The number of rotatable bonds is 7. The topological polar surface area (TPSA) is 101 Å². The molecule has 2 aromatic heterocycles. The van der Waals surface area contributed by atoms with Crippen molar-refractivity contribution in [1.82, 2.24) is 19.1 Å². The molecule has 1 N–H and O–H groups in total. The highest BCUT2D eigenvalue weighted by molar-refractivity contribution is 7.82. The molecular weight excluding hydrogens is 576 g/mol. The molecule has 0 amide bonds. The van der Waals surface area contributed by atoms with E-state index in [0.29, 0.717) is 68.1 Å². The van der Waals surface area contributed by atoms with Crippen molar-refractivity contribution in [3.63, 3.8) is 0 Å². The lowest BCUT2D eigenvalue weighted by atomic mass is 9.68. The highest BCUT2D eigenvalue weighted by atomic mass is 32.2. The molecule has 1 aromatic carbocycles. The Balaban J connectivity index is 1.16. The van der Waals surface area contributed by atoms with E-state index in [9.17, 15) is 22.9 Å². The lowest BCUT2D eigenvalue weighted by Crippen LogP contribution is -2.53. The zero-order chi connectivity index (χ0) is 29.7. The molecule has 12 heteroatoms. The first-order valence-electron chi connectivity index (χ1n) is 14.7. The number of piperidine rings is 1. The normalized spacial score (nSPS) is 27.6. The standard InChI is InChI=1S/C31H33F2N5O4S/c32-23-1-3-25(4-2-23)38-28-13-22-7-10-37(43(41)27-5-6-29(34-16-27)36-9-8-24(33)17-36)19-31(22,14-21(28)15-35-38)30(40)42-18-20-11-26(39)12-20/h1-6,13,15-16,20,24,26,39H,7-12,14,17-19H2/t20?,24-,26?,31+,43?/m1/s1. The molecule has 226 valence electrons. The Morgan fingerprint density at radius 2 is 1.95 bits per heavy atom. The smallest absolute Gasteiger partial charge is 0.317 e. The van der Waals surface area contributed by atoms with Crippen molar-refractivity contribution in [1.29, 1.82) is 0 Å². The molecule has 1 saturated carbocycles. The molecule has 0 radical (unpaired) electrons. The summed E-state index contributed by atoms with van der Waals surface area (Å²) < 4.78 is 50.5. The van der Waals surface area contributed by atoms with Crippen LogP contribution in [0.15, 0.2) is 59.3 Å². The quantitative estimate of drug-likeness (QED) is 0.409. The molecule has 0 spiro atoms. The maximum absolute atomic E-state index is 14.0. The predicted molar refractivity (Wildman–Crippen MR) is 156 cm³/mol. The van der Waals surface area contributed by atoms with Crippen LogP contribution in [0.2, 0.25) is 0 Å². The minimum absolute atomic E-state index is 0.129. The number of aliphatic hydroxyl groups is 1. The van der Waals surface area contributed by atoms with Gasteiger partial charge >= 0.3 is 5.97 Å². The van der Waals surface area contributed by atoms with Gasteiger partial charge in [-0.3, -0.25) is 4.79 Å². The zero-order valence-electron chi connectivity index (χ0n) is 23.6. The summed E-state index contributed by atoms with van der Waals surface area (Å²) >= 11 is 0. The molecule has 3 aromatic rings. The van der Waals surface area contributed by atoms with Crippen LogP contribution in [-0.4, -0.2) is 79.4 Å². The SMILES string of the molecule is O=C(OCC1CC(O)C1)[C@]12Cc3cnn(-c4ccc(F)cc4)c3C=C1CCN(S(=O)c1ccc(N3CC[C@@H](F)C3)nc1)C2. The van der Waals surface area contributed by atoms with Crippen molar-refractivity contribution in [2.45, 2.75) is 49.3 Å². The molecule has 2 saturated heterocycles. The summed E-state index contributed by atoms with van der Waals surface area (Å²) in [4.78, 5) is 20.8. The third-order valence-electron chi connectivity index (χ3n) is 9.12. The fourth-order valence-corrected chi connectivity index (χ4v) is 7.84. The summed E-state index contributed by atoms with van der Waals surface area (Å²) in [6, 6.07) is 9.62. The summed E-state index contributed by atoms with van der Waals surface area (Å²) in [5.41, 5.74) is 2.22. The Hall–Kier alpha value is -3.48. The largest absolute Gasteiger partial charge is 0.465 e. The number of aliphatic hydroxyl groups excluding tert-OH is 1. The Kier molecular flexibility index (Phi) is 7.38. The fraction of sp³-hybridized carbons (Fsp3) is 0.452. The number of hydrogen-bond acceptors (Lipinski definition) is 7. The van der Waals surface area contributed by atoms with E-state index in [1.54, 1.807) is 45.6 Å². The number of carbonyl (C=O) groups is 1. The molecule has 0 bridgehead atoms. The van der Waals surface area contributed by atoms with Crippen molar-refractivity contribution in [2.24, 2.45) is 11.3 Å². The van der Waals surface area contributed by atoms with Gasteiger partial charge < -0.3 is 14.7 Å². The Morgan fingerprint density at radius 3 is 2.65 bits per heavy atom. The van der Waals surface area contributed by atoms with E-state index in [0.717, 1.165) is 16.8 Å². The minimum atomic E-state index is -1.58. The molecule has 3 fully saturated rings. The van der Waals surface area contributed by atoms with Crippen LogP contribution in [0.4, 0.5) is 14.6 Å².